The van der Waals surface area contributed by atoms with Gasteiger partial charge in [-0.15, -0.1) is 0 Å². The third kappa shape index (κ3) is 4.98. The van der Waals surface area contributed by atoms with Crippen LogP contribution in [0, 0.1) is 17.5 Å². The molecular formula is C24H24F3NO3. The molecule has 0 N–H and O–H groups in total. The SMILES string of the molecule is CCCC1=C(C(=O)OCC)C(c2ccccc2F)CC(=O)N1Cc1cc(F)cc(F)c1. The number of amides is 1. The lowest BCUT2D eigenvalue weighted by Crippen LogP contribution is -2.39. The van der Waals surface area contributed by atoms with Gasteiger partial charge in [0, 0.05) is 24.1 Å². The van der Waals surface area contributed by atoms with Crippen LogP contribution in [0.1, 0.15) is 50.2 Å². The minimum atomic E-state index is -0.796. The largest absolute Gasteiger partial charge is 0.463 e. The van der Waals surface area contributed by atoms with E-state index in [1.165, 1.54) is 17.0 Å². The zero-order chi connectivity index (χ0) is 22.5. The van der Waals surface area contributed by atoms with Crippen LogP contribution >= 0.6 is 0 Å². The van der Waals surface area contributed by atoms with Crippen LogP contribution in [0.15, 0.2) is 53.7 Å². The third-order valence-corrected chi connectivity index (χ3v) is 5.19. The van der Waals surface area contributed by atoms with E-state index in [-0.39, 0.29) is 42.2 Å². The number of rotatable bonds is 7. The molecule has 2 aromatic carbocycles. The van der Waals surface area contributed by atoms with E-state index in [2.05, 4.69) is 0 Å². The van der Waals surface area contributed by atoms with Crippen molar-refractivity contribution in [3.63, 3.8) is 0 Å². The number of allylic oxidation sites excluding steroid dienone is 1. The smallest absolute Gasteiger partial charge is 0.336 e. The van der Waals surface area contributed by atoms with Crippen LogP contribution in [-0.2, 0) is 20.9 Å². The van der Waals surface area contributed by atoms with Crippen LogP contribution in [0.2, 0.25) is 0 Å². The Labute approximate surface area is 179 Å². The van der Waals surface area contributed by atoms with Gasteiger partial charge in [-0.1, -0.05) is 31.5 Å². The van der Waals surface area contributed by atoms with Crippen molar-refractivity contribution < 1.29 is 27.5 Å². The summed E-state index contributed by atoms with van der Waals surface area (Å²) in [6.07, 6.45) is 0.798. The molecule has 2 aromatic rings. The molecule has 1 amide bonds. The molecule has 1 aliphatic rings. The molecule has 0 aromatic heterocycles. The standard InChI is InChI=1S/C24H24F3NO3/c1-3-7-21-23(24(30)31-4-2)19(18-8-5-6-9-20(18)27)13-22(29)28(21)14-15-10-16(25)12-17(26)11-15/h5-6,8-12,19H,3-4,7,13-14H2,1-2H3. The molecular weight excluding hydrogens is 407 g/mol. The highest BCUT2D eigenvalue weighted by Crippen LogP contribution is 2.40. The number of hydrogen-bond acceptors (Lipinski definition) is 3. The number of esters is 1. The minimum Gasteiger partial charge on any atom is -0.463 e. The number of carbonyl (C=O) groups is 2. The minimum absolute atomic E-state index is 0.101. The summed E-state index contributed by atoms with van der Waals surface area (Å²) in [5, 5.41) is 0. The fraction of sp³-hybridized carbons (Fsp3) is 0.333. The van der Waals surface area contributed by atoms with Crippen molar-refractivity contribution in [3.05, 3.63) is 82.3 Å². The molecule has 0 fully saturated rings. The van der Waals surface area contributed by atoms with Gasteiger partial charge >= 0.3 is 5.97 Å². The Bertz CT molecular complexity index is 999. The average Bonchev–Trinajstić information content (AvgIpc) is 2.70. The summed E-state index contributed by atoms with van der Waals surface area (Å²) in [4.78, 5) is 27.4. The maximum Gasteiger partial charge on any atom is 0.336 e. The molecule has 0 spiro atoms. The highest BCUT2D eigenvalue weighted by molar-refractivity contribution is 5.96. The predicted molar refractivity (Wildman–Crippen MR) is 109 cm³/mol. The first-order valence-corrected chi connectivity index (χ1v) is 10.3. The number of nitrogens with zero attached hydrogens (tertiary/aromatic N) is 1. The predicted octanol–water partition coefficient (Wildman–Crippen LogP) is 5.24. The van der Waals surface area contributed by atoms with Crippen LogP contribution in [0.3, 0.4) is 0 Å². The zero-order valence-electron chi connectivity index (χ0n) is 17.5. The van der Waals surface area contributed by atoms with Crippen molar-refractivity contribution in [1.29, 1.82) is 0 Å². The molecule has 31 heavy (non-hydrogen) atoms. The van der Waals surface area contributed by atoms with Crippen LogP contribution in [0.4, 0.5) is 13.2 Å². The van der Waals surface area contributed by atoms with Gasteiger partial charge in [-0.2, -0.15) is 0 Å². The Morgan fingerprint density at radius 2 is 1.77 bits per heavy atom. The van der Waals surface area contributed by atoms with Gasteiger partial charge in [0.05, 0.1) is 18.7 Å². The molecule has 4 nitrogen and oxygen atoms in total. The van der Waals surface area contributed by atoms with E-state index in [1.54, 1.807) is 19.1 Å². The van der Waals surface area contributed by atoms with Gasteiger partial charge in [0.15, 0.2) is 0 Å². The summed E-state index contributed by atoms with van der Waals surface area (Å²) >= 11 is 0. The normalized spacial score (nSPS) is 16.6. The zero-order valence-corrected chi connectivity index (χ0v) is 17.5. The van der Waals surface area contributed by atoms with Gasteiger partial charge in [0.1, 0.15) is 17.5 Å². The van der Waals surface area contributed by atoms with Gasteiger partial charge in [-0.3, -0.25) is 4.79 Å². The van der Waals surface area contributed by atoms with Crippen molar-refractivity contribution in [2.24, 2.45) is 0 Å². The fourth-order valence-electron chi connectivity index (χ4n) is 3.95. The highest BCUT2D eigenvalue weighted by Gasteiger charge is 2.39. The van der Waals surface area contributed by atoms with Crippen molar-refractivity contribution in [3.8, 4) is 0 Å². The third-order valence-electron chi connectivity index (χ3n) is 5.19. The Hall–Kier alpha value is -3.09. The molecule has 164 valence electrons. The molecule has 0 saturated carbocycles. The summed E-state index contributed by atoms with van der Waals surface area (Å²) in [5.41, 5.74) is 1.11. The molecule has 3 rings (SSSR count). The van der Waals surface area contributed by atoms with Crippen molar-refractivity contribution in [2.75, 3.05) is 6.61 Å². The van der Waals surface area contributed by atoms with Crippen LogP contribution in [0.5, 0.6) is 0 Å². The van der Waals surface area contributed by atoms with E-state index < -0.39 is 29.3 Å². The van der Waals surface area contributed by atoms with Crippen LogP contribution in [0.25, 0.3) is 0 Å². The maximum absolute atomic E-state index is 14.6. The van der Waals surface area contributed by atoms with Crippen molar-refractivity contribution in [2.45, 2.75) is 45.6 Å². The number of ether oxygens (including phenoxy) is 1. The highest BCUT2D eigenvalue weighted by atomic mass is 19.1. The summed E-state index contributed by atoms with van der Waals surface area (Å²) in [6, 6.07) is 9.06. The molecule has 1 unspecified atom stereocenters. The van der Waals surface area contributed by atoms with E-state index in [9.17, 15) is 22.8 Å². The first-order chi connectivity index (χ1) is 14.8. The van der Waals surface area contributed by atoms with Gasteiger partial charge in [0.2, 0.25) is 5.91 Å². The van der Waals surface area contributed by atoms with Crippen molar-refractivity contribution >= 4 is 11.9 Å². The van der Waals surface area contributed by atoms with E-state index in [1.807, 2.05) is 6.92 Å². The summed E-state index contributed by atoms with van der Waals surface area (Å²) < 4.78 is 47.2. The average molecular weight is 431 g/mol. The second-order valence-corrected chi connectivity index (χ2v) is 7.37. The summed E-state index contributed by atoms with van der Waals surface area (Å²) in [7, 11) is 0. The lowest BCUT2D eigenvalue weighted by molar-refractivity contribution is -0.140. The molecule has 1 atom stereocenters. The van der Waals surface area contributed by atoms with Crippen LogP contribution < -0.4 is 0 Å². The van der Waals surface area contributed by atoms with E-state index >= 15 is 0 Å². The monoisotopic (exact) mass is 431 g/mol. The maximum atomic E-state index is 14.6. The number of carbonyl (C=O) groups excluding carboxylic acids is 2. The topological polar surface area (TPSA) is 46.6 Å². The number of hydrogen-bond donors (Lipinski definition) is 0. The molecule has 0 aliphatic carbocycles. The second-order valence-electron chi connectivity index (χ2n) is 7.37. The first kappa shape index (κ1) is 22.6. The molecule has 7 heteroatoms. The Kier molecular flexibility index (Phi) is 7.15. The van der Waals surface area contributed by atoms with Gasteiger partial charge in [0.25, 0.3) is 0 Å². The Morgan fingerprint density at radius 1 is 1.10 bits per heavy atom. The number of halogens is 3. The molecule has 1 heterocycles. The first-order valence-electron chi connectivity index (χ1n) is 10.3. The quantitative estimate of drug-likeness (QED) is 0.564. The lowest BCUT2D eigenvalue weighted by Gasteiger charge is -2.36. The van der Waals surface area contributed by atoms with E-state index in [0.717, 1.165) is 18.2 Å². The van der Waals surface area contributed by atoms with E-state index in [0.29, 0.717) is 18.5 Å². The summed E-state index contributed by atoms with van der Waals surface area (Å²) in [6.45, 7) is 3.56. The molecule has 0 radical (unpaired) electrons. The fourth-order valence-corrected chi connectivity index (χ4v) is 3.95. The van der Waals surface area contributed by atoms with Crippen LogP contribution in [-0.4, -0.2) is 23.4 Å². The second kappa shape index (κ2) is 9.81. The van der Waals surface area contributed by atoms with Gasteiger partial charge in [-0.05, 0) is 42.7 Å². The molecule has 0 saturated heterocycles. The molecule has 0 bridgehead atoms. The Morgan fingerprint density at radius 3 is 2.39 bits per heavy atom. The van der Waals surface area contributed by atoms with Gasteiger partial charge < -0.3 is 9.64 Å². The summed E-state index contributed by atoms with van der Waals surface area (Å²) in [5.74, 6) is -3.80. The van der Waals surface area contributed by atoms with Crippen molar-refractivity contribution in [1.82, 2.24) is 4.90 Å². The van der Waals surface area contributed by atoms with E-state index in [4.69, 9.17) is 4.74 Å². The lowest BCUT2D eigenvalue weighted by atomic mass is 9.82. The number of benzene rings is 2. The molecule has 1 aliphatic heterocycles. The Balaban J connectivity index is 2.14. The van der Waals surface area contributed by atoms with Gasteiger partial charge in [-0.25, -0.2) is 18.0 Å².